The van der Waals surface area contributed by atoms with Crippen LogP contribution in [0.1, 0.15) is 5.56 Å². The van der Waals surface area contributed by atoms with Crippen LogP contribution in [0, 0.1) is 4.77 Å². The third kappa shape index (κ3) is 3.62. The van der Waals surface area contributed by atoms with E-state index in [2.05, 4.69) is 4.98 Å². The summed E-state index contributed by atoms with van der Waals surface area (Å²) in [5, 5.41) is 17.6. The number of para-hydroxylation sites is 1. The lowest BCUT2D eigenvalue weighted by Gasteiger charge is -2.42. The number of aliphatic hydroxyl groups excluding tert-OH is 2. The van der Waals surface area contributed by atoms with E-state index in [1.165, 1.54) is 6.07 Å². The standard InChI is InChI=1S/C16H13B3FN2O8PS/c17-15(22-6-5-10(23)21-13(22)32)12(25)11(24)14(20,29-15)16(18,19)30-31(26)27-7-8-3-1-2-4-9(8)28-31/h1-6,11-12,24-25H,7H2,(H,21,23,32)/t11-,12+,14-,15-,31?/m0/s1. The molecule has 2 aromatic rings. The van der Waals surface area contributed by atoms with E-state index in [-0.39, 0.29) is 17.1 Å². The Balaban J connectivity index is 1.67. The molecule has 5 atom stereocenters. The van der Waals surface area contributed by atoms with E-state index in [0.717, 1.165) is 16.8 Å². The zero-order valence-corrected chi connectivity index (χ0v) is 17.8. The number of fused-ring (bicyclic) bond motifs is 1. The summed E-state index contributed by atoms with van der Waals surface area (Å²) < 4.78 is 49.5. The van der Waals surface area contributed by atoms with Crippen molar-refractivity contribution in [1.82, 2.24) is 9.55 Å². The molecule has 4 rings (SSSR count). The van der Waals surface area contributed by atoms with Gasteiger partial charge in [0, 0.05) is 17.8 Å². The monoisotopic (exact) mass is 476 g/mol. The summed E-state index contributed by atoms with van der Waals surface area (Å²) in [4.78, 5) is 13.6. The molecule has 1 aromatic heterocycles. The van der Waals surface area contributed by atoms with Crippen LogP contribution in [0.2, 0.25) is 0 Å². The van der Waals surface area contributed by atoms with E-state index in [1.807, 2.05) is 0 Å². The molecule has 1 fully saturated rings. The number of aliphatic hydroxyl groups is 2. The molecule has 0 saturated carbocycles. The number of alkyl halides is 1. The summed E-state index contributed by atoms with van der Waals surface area (Å²) >= 11 is 4.95. The van der Waals surface area contributed by atoms with Crippen LogP contribution in [-0.4, -0.2) is 66.8 Å². The Labute approximate surface area is 189 Å². The first-order valence-electron chi connectivity index (χ1n) is 8.98. The number of hydrogen-bond donors (Lipinski definition) is 3. The maximum atomic E-state index is 15.9. The summed E-state index contributed by atoms with van der Waals surface area (Å²) in [5.74, 6) is -3.54. The fraction of sp³-hybridized carbons (Fsp3) is 0.375. The van der Waals surface area contributed by atoms with Gasteiger partial charge in [0.25, 0.3) is 11.4 Å². The zero-order valence-electron chi connectivity index (χ0n) is 16.1. The van der Waals surface area contributed by atoms with Gasteiger partial charge >= 0.3 is 7.82 Å². The highest BCUT2D eigenvalue weighted by Crippen LogP contribution is 2.59. The van der Waals surface area contributed by atoms with Crippen LogP contribution in [-0.2, 0) is 30.6 Å². The first-order valence-corrected chi connectivity index (χ1v) is 10.9. The fourth-order valence-corrected chi connectivity index (χ4v) is 4.94. The minimum atomic E-state index is -4.62. The van der Waals surface area contributed by atoms with E-state index < -0.39 is 42.5 Å². The molecule has 1 aromatic carbocycles. The lowest BCUT2D eigenvalue weighted by Crippen LogP contribution is -2.60. The Hall–Kier alpha value is -1.73. The molecular weight excluding hydrogens is 463 g/mol. The number of phosphoric acid groups is 1. The highest BCUT2D eigenvalue weighted by atomic mass is 32.1. The zero-order chi connectivity index (χ0) is 23.5. The van der Waals surface area contributed by atoms with Gasteiger partial charge in [0.2, 0.25) is 0 Å². The highest BCUT2D eigenvalue weighted by Gasteiger charge is 2.68. The van der Waals surface area contributed by atoms with Crippen LogP contribution in [0.3, 0.4) is 0 Å². The molecule has 2 aliphatic heterocycles. The predicted molar refractivity (Wildman–Crippen MR) is 111 cm³/mol. The van der Waals surface area contributed by atoms with Crippen molar-refractivity contribution in [1.29, 1.82) is 0 Å². The molecule has 32 heavy (non-hydrogen) atoms. The second-order valence-corrected chi connectivity index (χ2v) is 9.08. The summed E-state index contributed by atoms with van der Waals surface area (Å²) in [6.07, 6.45) is -3.76. The highest BCUT2D eigenvalue weighted by molar-refractivity contribution is 7.71. The molecule has 0 bridgehead atoms. The Kier molecular flexibility index (Phi) is 5.61. The normalized spacial score (nSPS) is 34.6. The van der Waals surface area contributed by atoms with Gasteiger partial charge in [-0.05, 0) is 18.3 Å². The molecule has 2 aliphatic rings. The van der Waals surface area contributed by atoms with Crippen molar-refractivity contribution >= 4 is 43.6 Å². The maximum absolute atomic E-state index is 15.9. The number of H-pyrrole nitrogens is 1. The minimum absolute atomic E-state index is 0.117. The van der Waals surface area contributed by atoms with Gasteiger partial charge in [-0.25, -0.2) is 8.96 Å². The number of nitrogens with zero attached hydrogens (tertiary/aromatic N) is 1. The van der Waals surface area contributed by atoms with Crippen molar-refractivity contribution in [3.8, 4) is 5.75 Å². The fourth-order valence-electron chi connectivity index (χ4n) is 3.28. The number of halogens is 1. The van der Waals surface area contributed by atoms with Crippen LogP contribution in [0.5, 0.6) is 5.75 Å². The van der Waals surface area contributed by atoms with Crippen LogP contribution in [0.4, 0.5) is 4.39 Å². The Morgan fingerprint density at radius 2 is 2.00 bits per heavy atom. The van der Waals surface area contributed by atoms with Gasteiger partial charge < -0.3 is 24.0 Å². The second kappa shape index (κ2) is 7.66. The van der Waals surface area contributed by atoms with Crippen LogP contribution >= 0.6 is 20.0 Å². The van der Waals surface area contributed by atoms with E-state index >= 15 is 4.39 Å². The number of ether oxygens (including phenoxy) is 1. The maximum Gasteiger partial charge on any atom is 0.529 e. The van der Waals surface area contributed by atoms with Crippen molar-refractivity contribution in [3.63, 3.8) is 0 Å². The van der Waals surface area contributed by atoms with Crippen LogP contribution in [0.15, 0.2) is 41.3 Å². The molecule has 0 amide bonds. The first-order chi connectivity index (χ1) is 14.8. The summed E-state index contributed by atoms with van der Waals surface area (Å²) in [6, 6.07) is 7.31. The van der Waals surface area contributed by atoms with E-state index in [1.54, 1.807) is 18.2 Å². The lowest BCUT2D eigenvalue weighted by atomic mass is 9.59. The molecule has 0 aliphatic carbocycles. The average Bonchev–Trinajstić information content (AvgIpc) is 2.89. The number of phosphoric ester groups is 1. The quantitative estimate of drug-likeness (QED) is 0.313. The van der Waals surface area contributed by atoms with Gasteiger partial charge in [-0.1, -0.05) is 18.2 Å². The largest absolute Gasteiger partial charge is 0.529 e. The molecule has 0 spiro atoms. The van der Waals surface area contributed by atoms with Gasteiger partial charge in [-0.3, -0.25) is 18.8 Å². The summed E-state index contributed by atoms with van der Waals surface area (Å²) in [7, 11) is 12.8. The number of aromatic amines is 1. The second-order valence-electron chi connectivity index (χ2n) is 7.17. The van der Waals surface area contributed by atoms with Gasteiger partial charge in [0.1, 0.15) is 47.1 Å². The molecule has 10 nitrogen and oxygen atoms in total. The number of aromatic nitrogens is 2. The Morgan fingerprint density at radius 1 is 1.31 bits per heavy atom. The van der Waals surface area contributed by atoms with E-state index in [4.69, 9.17) is 54.1 Å². The van der Waals surface area contributed by atoms with Crippen molar-refractivity contribution in [2.45, 2.75) is 35.7 Å². The average molecular weight is 476 g/mol. The topological polar surface area (TPSA) is 132 Å². The number of nitrogens with one attached hydrogen (secondary N) is 1. The van der Waals surface area contributed by atoms with Gasteiger partial charge in [-0.15, -0.1) is 0 Å². The van der Waals surface area contributed by atoms with Crippen LogP contribution < -0.4 is 10.1 Å². The first kappa shape index (κ1) is 23.4. The Bertz CT molecular complexity index is 1230. The third-order valence-electron chi connectivity index (χ3n) is 4.97. The summed E-state index contributed by atoms with van der Waals surface area (Å²) in [5.41, 5.74) is -2.69. The third-order valence-corrected chi connectivity index (χ3v) is 6.66. The Morgan fingerprint density at radius 3 is 2.69 bits per heavy atom. The molecule has 3 heterocycles. The van der Waals surface area contributed by atoms with Crippen molar-refractivity contribution in [3.05, 3.63) is 57.2 Å². The minimum Gasteiger partial charge on any atom is -0.404 e. The lowest BCUT2D eigenvalue weighted by molar-refractivity contribution is -0.240. The van der Waals surface area contributed by atoms with Crippen molar-refractivity contribution in [2.75, 3.05) is 0 Å². The number of hydrogen-bond acceptors (Lipinski definition) is 9. The number of rotatable bonds is 4. The van der Waals surface area contributed by atoms with Gasteiger partial charge in [0.15, 0.2) is 4.77 Å². The molecule has 6 radical (unpaired) electrons. The molecule has 3 N–H and O–H groups in total. The van der Waals surface area contributed by atoms with E-state index in [0.29, 0.717) is 5.56 Å². The van der Waals surface area contributed by atoms with E-state index in [9.17, 15) is 19.6 Å². The molecule has 1 unspecified atom stereocenters. The van der Waals surface area contributed by atoms with Gasteiger partial charge in [-0.2, -0.15) is 0 Å². The SMILES string of the molecule is [B]C([B])(OP1(=O)OCc2ccccc2O1)[C@@]1(F)O[C@@]([B])(n2ccc(=O)[nH]c2=S)[C@H](O)[C@@H]1O. The predicted octanol–water partition coefficient (Wildman–Crippen LogP) is -0.173. The molecule has 162 valence electrons. The number of benzene rings is 1. The summed E-state index contributed by atoms with van der Waals surface area (Å²) in [6.45, 7) is -0.234. The molecule has 16 heteroatoms. The smallest absolute Gasteiger partial charge is 0.404 e. The molecular formula is C16H13B3FN2O8PS. The van der Waals surface area contributed by atoms with Crippen molar-refractivity contribution in [2.24, 2.45) is 0 Å². The molecule has 1 saturated heterocycles. The van der Waals surface area contributed by atoms with Crippen molar-refractivity contribution < 1.29 is 37.5 Å². The van der Waals surface area contributed by atoms with Crippen LogP contribution in [0.25, 0.3) is 0 Å². The van der Waals surface area contributed by atoms with Gasteiger partial charge in [0.05, 0.1) is 12.0 Å².